The molecule has 0 fully saturated rings. The van der Waals surface area contributed by atoms with Gasteiger partial charge in [0.05, 0.1) is 10.4 Å². The average molecular weight is 332 g/mol. The summed E-state index contributed by atoms with van der Waals surface area (Å²) in [5.41, 5.74) is 2.16. The number of fused-ring (bicyclic) bond motifs is 1. The maximum atomic E-state index is 12.8. The summed E-state index contributed by atoms with van der Waals surface area (Å²) in [6, 6.07) is 12.3. The second kappa shape index (κ2) is 5.68. The zero-order valence-corrected chi connectivity index (χ0v) is 13.6. The average Bonchev–Trinajstić information content (AvgIpc) is 2.86. The predicted octanol–water partition coefficient (Wildman–Crippen LogP) is 2.25. The quantitative estimate of drug-likeness (QED) is 0.794. The lowest BCUT2D eigenvalue weighted by molar-refractivity contribution is 0.466. The highest BCUT2D eigenvalue weighted by Gasteiger charge is 2.24. The van der Waals surface area contributed by atoms with Gasteiger partial charge in [0.25, 0.3) is 0 Å². The van der Waals surface area contributed by atoms with Gasteiger partial charge >= 0.3 is 5.76 Å². The molecule has 0 atom stereocenters. The number of aryl methyl sites for hydroxylation is 1. The molecule has 3 aromatic rings. The van der Waals surface area contributed by atoms with Crippen LogP contribution in [0.4, 0.5) is 0 Å². The number of nitrogens with zero attached hydrogens (tertiary/aromatic N) is 1. The van der Waals surface area contributed by atoms with Crippen molar-refractivity contribution in [3.8, 4) is 0 Å². The van der Waals surface area contributed by atoms with E-state index in [0.717, 1.165) is 5.56 Å². The minimum Gasteiger partial charge on any atom is -0.408 e. The van der Waals surface area contributed by atoms with Crippen LogP contribution >= 0.6 is 0 Å². The van der Waals surface area contributed by atoms with E-state index < -0.39 is 15.8 Å². The molecule has 0 spiro atoms. The molecule has 0 bridgehead atoms. The molecule has 3 rings (SSSR count). The molecule has 0 aliphatic heterocycles. The van der Waals surface area contributed by atoms with E-state index in [-0.39, 0.29) is 17.0 Å². The Bertz CT molecular complexity index is 1000. The van der Waals surface area contributed by atoms with Gasteiger partial charge in [0, 0.05) is 19.7 Å². The van der Waals surface area contributed by atoms with E-state index in [2.05, 4.69) is 4.98 Å². The molecule has 0 unspecified atom stereocenters. The molecule has 6 nitrogen and oxygen atoms in total. The van der Waals surface area contributed by atoms with Crippen molar-refractivity contribution < 1.29 is 12.8 Å². The number of benzene rings is 2. The van der Waals surface area contributed by atoms with Crippen LogP contribution in [0.3, 0.4) is 0 Å². The lowest BCUT2D eigenvalue weighted by Gasteiger charge is -2.18. The first-order valence-electron chi connectivity index (χ1n) is 7.01. The second-order valence-electron chi connectivity index (χ2n) is 5.38. The topological polar surface area (TPSA) is 83.4 Å². The third kappa shape index (κ3) is 2.93. The van der Waals surface area contributed by atoms with Crippen LogP contribution in [-0.4, -0.2) is 24.8 Å². The summed E-state index contributed by atoms with van der Waals surface area (Å²) in [5, 5.41) is 0. The predicted molar refractivity (Wildman–Crippen MR) is 86.7 cm³/mol. The number of hydrogen-bond donors (Lipinski definition) is 1. The lowest BCUT2D eigenvalue weighted by Crippen LogP contribution is -2.27. The number of H-pyrrole nitrogens is 1. The molecular weight excluding hydrogens is 316 g/mol. The number of nitrogens with one attached hydrogen (secondary N) is 1. The van der Waals surface area contributed by atoms with Gasteiger partial charge in [-0.05, 0) is 24.1 Å². The summed E-state index contributed by atoms with van der Waals surface area (Å²) >= 11 is 0. The van der Waals surface area contributed by atoms with Crippen LogP contribution in [-0.2, 0) is 16.6 Å². The molecule has 23 heavy (non-hydrogen) atoms. The molecule has 0 radical (unpaired) electrons. The molecule has 1 aromatic heterocycles. The molecule has 0 aliphatic carbocycles. The van der Waals surface area contributed by atoms with Gasteiger partial charge in [0.15, 0.2) is 5.58 Å². The molecule has 1 N–H and O–H groups in total. The Kier molecular flexibility index (Phi) is 3.83. The summed E-state index contributed by atoms with van der Waals surface area (Å²) in [6.45, 7) is 1.95. The van der Waals surface area contributed by atoms with Crippen molar-refractivity contribution in [3.05, 3.63) is 64.1 Å². The van der Waals surface area contributed by atoms with Gasteiger partial charge < -0.3 is 4.42 Å². The van der Waals surface area contributed by atoms with Crippen molar-refractivity contribution in [1.82, 2.24) is 9.29 Å². The van der Waals surface area contributed by atoms with Gasteiger partial charge in [0.2, 0.25) is 10.0 Å². The number of aromatic nitrogens is 1. The summed E-state index contributed by atoms with van der Waals surface area (Å²) in [5.74, 6) is -0.605. The molecule has 2 aromatic carbocycles. The van der Waals surface area contributed by atoms with Gasteiger partial charge in [-0.2, -0.15) is 4.31 Å². The summed E-state index contributed by atoms with van der Waals surface area (Å²) in [4.78, 5) is 13.9. The molecule has 0 amide bonds. The summed E-state index contributed by atoms with van der Waals surface area (Å²) in [7, 11) is -2.17. The zero-order valence-electron chi connectivity index (χ0n) is 12.7. The van der Waals surface area contributed by atoms with E-state index in [1.807, 2.05) is 30.3 Å². The Labute approximate surface area is 133 Å². The fraction of sp³-hybridized carbons (Fsp3) is 0.188. The summed E-state index contributed by atoms with van der Waals surface area (Å²) in [6.07, 6.45) is 0. The van der Waals surface area contributed by atoms with Gasteiger partial charge in [-0.25, -0.2) is 13.2 Å². The molecule has 0 saturated heterocycles. The monoisotopic (exact) mass is 332 g/mol. The second-order valence-corrected chi connectivity index (χ2v) is 7.39. The minimum atomic E-state index is -3.69. The highest BCUT2D eigenvalue weighted by atomic mass is 32.2. The van der Waals surface area contributed by atoms with Crippen LogP contribution < -0.4 is 5.76 Å². The van der Waals surface area contributed by atoms with Crippen molar-refractivity contribution >= 4 is 21.1 Å². The van der Waals surface area contributed by atoms with Crippen LogP contribution in [0.2, 0.25) is 0 Å². The fourth-order valence-corrected chi connectivity index (χ4v) is 3.83. The molecule has 0 aliphatic rings. The lowest BCUT2D eigenvalue weighted by atomic mass is 10.2. The maximum Gasteiger partial charge on any atom is 0.417 e. The van der Waals surface area contributed by atoms with Crippen molar-refractivity contribution in [2.24, 2.45) is 0 Å². The first-order valence-corrected chi connectivity index (χ1v) is 8.45. The number of oxazole rings is 1. The smallest absolute Gasteiger partial charge is 0.408 e. The Morgan fingerprint density at radius 1 is 1.17 bits per heavy atom. The van der Waals surface area contributed by atoms with E-state index in [1.165, 1.54) is 17.4 Å². The largest absolute Gasteiger partial charge is 0.417 e. The third-order valence-corrected chi connectivity index (χ3v) is 5.60. The minimum absolute atomic E-state index is 0.131. The van der Waals surface area contributed by atoms with E-state index in [9.17, 15) is 13.2 Å². The van der Waals surface area contributed by atoms with E-state index >= 15 is 0 Å². The number of aromatic amines is 1. The van der Waals surface area contributed by atoms with Gasteiger partial charge in [-0.3, -0.25) is 4.98 Å². The SMILES string of the molecule is Cc1cc2[nH]c(=O)oc2cc1S(=O)(=O)N(C)Cc1ccccc1. The zero-order chi connectivity index (χ0) is 16.6. The standard InChI is InChI=1S/C16H16N2O4S/c1-11-8-13-14(22-16(19)17-13)9-15(11)23(20,21)18(2)10-12-6-4-3-5-7-12/h3-9H,10H2,1-2H3,(H,17,19). The fourth-order valence-electron chi connectivity index (χ4n) is 2.46. The number of hydrogen-bond acceptors (Lipinski definition) is 4. The van der Waals surface area contributed by atoms with Crippen molar-refractivity contribution in [3.63, 3.8) is 0 Å². The number of sulfonamides is 1. The maximum absolute atomic E-state index is 12.8. The Morgan fingerprint density at radius 2 is 1.87 bits per heavy atom. The van der Waals surface area contributed by atoms with Crippen molar-refractivity contribution in [2.45, 2.75) is 18.4 Å². The van der Waals surface area contributed by atoms with E-state index in [1.54, 1.807) is 13.0 Å². The molecular formula is C16H16N2O4S. The van der Waals surface area contributed by atoms with Crippen LogP contribution in [0, 0.1) is 6.92 Å². The van der Waals surface area contributed by atoms with Gasteiger partial charge in [-0.15, -0.1) is 0 Å². The summed E-state index contributed by atoms with van der Waals surface area (Å²) < 4.78 is 31.8. The molecule has 7 heteroatoms. The van der Waals surface area contributed by atoms with E-state index in [0.29, 0.717) is 11.1 Å². The Hall–Kier alpha value is -2.38. The molecule has 120 valence electrons. The molecule has 1 heterocycles. The van der Waals surface area contributed by atoms with Crippen molar-refractivity contribution in [2.75, 3.05) is 7.05 Å². The van der Waals surface area contributed by atoms with E-state index in [4.69, 9.17) is 4.42 Å². The van der Waals surface area contributed by atoms with Gasteiger partial charge in [-0.1, -0.05) is 30.3 Å². The number of rotatable bonds is 4. The van der Waals surface area contributed by atoms with Crippen molar-refractivity contribution in [1.29, 1.82) is 0 Å². The normalized spacial score (nSPS) is 12.1. The first-order chi connectivity index (χ1) is 10.9. The molecule has 0 saturated carbocycles. The first kappa shape index (κ1) is 15.5. The van der Waals surface area contributed by atoms with Crippen LogP contribution in [0.5, 0.6) is 0 Å². The highest BCUT2D eigenvalue weighted by Crippen LogP contribution is 2.24. The Morgan fingerprint density at radius 3 is 2.57 bits per heavy atom. The van der Waals surface area contributed by atoms with Gasteiger partial charge in [0.1, 0.15) is 0 Å². The van der Waals surface area contributed by atoms with Crippen LogP contribution in [0.15, 0.2) is 56.6 Å². The highest BCUT2D eigenvalue weighted by molar-refractivity contribution is 7.89. The van der Waals surface area contributed by atoms with Crippen LogP contribution in [0.1, 0.15) is 11.1 Å². The third-order valence-electron chi connectivity index (χ3n) is 3.65. The van der Waals surface area contributed by atoms with Crippen LogP contribution in [0.25, 0.3) is 11.1 Å². The Balaban J connectivity index is 2.01.